The van der Waals surface area contributed by atoms with Crippen molar-refractivity contribution in [2.24, 2.45) is 0 Å². The minimum Gasteiger partial charge on any atom is -0.369 e. The second kappa shape index (κ2) is 6.82. The van der Waals surface area contributed by atoms with E-state index in [0.717, 1.165) is 37.1 Å². The largest absolute Gasteiger partial charge is 0.369 e. The number of pyridine rings is 1. The van der Waals surface area contributed by atoms with Gasteiger partial charge in [-0.05, 0) is 36.4 Å². The average molecular weight is 352 g/mol. The highest BCUT2D eigenvalue weighted by Gasteiger charge is 2.13. The third-order valence-corrected chi connectivity index (χ3v) is 4.73. The molecule has 0 amide bonds. The summed E-state index contributed by atoms with van der Waals surface area (Å²) in [5.74, 6) is -0.0653. The van der Waals surface area contributed by atoms with Crippen molar-refractivity contribution in [1.29, 1.82) is 0 Å². The monoisotopic (exact) mass is 351 g/mol. The molecule has 0 spiro atoms. The molecule has 2 heterocycles. The molecule has 0 unspecified atom stereocenters. The molecular formula is C20H18ClN3O. The Kier molecular flexibility index (Phi) is 4.38. The van der Waals surface area contributed by atoms with Gasteiger partial charge < -0.3 is 10.2 Å². The van der Waals surface area contributed by atoms with E-state index in [2.05, 4.69) is 27.3 Å². The predicted molar refractivity (Wildman–Crippen MR) is 102 cm³/mol. The second-order valence-electron chi connectivity index (χ2n) is 6.18. The number of anilines is 1. The van der Waals surface area contributed by atoms with Crippen LogP contribution in [0.5, 0.6) is 0 Å². The molecule has 1 aliphatic rings. The maximum atomic E-state index is 12.7. The van der Waals surface area contributed by atoms with E-state index < -0.39 is 0 Å². The average Bonchev–Trinajstić information content (AvgIpc) is 2.67. The Morgan fingerprint density at radius 1 is 1.04 bits per heavy atom. The van der Waals surface area contributed by atoms with E-state index in [4.69, 9.17) is 11.6 Å². The fourth-order valence-corrected chi connectivity index (χ4v) is 3.35. The van der Waals surface area contributed by atoms with Gasteiger partial charge in [0, 0.05) is 59.6 Å². The lowest BCUT2D eigenvalue weighted by Crippen LogP contribution is -2.43. The van der Waals surface area contributed by atoms with Crippen molar-refractivity contribution >= 4 is 34.0 Å². The minimum absolute atomic E-state index is 0.0653. The number of hydrogen-bond acceptors (Lipinski definition) is 4. The van der Waals surface area contributed by atoms with Crippen molar-refractivity contribution in [1.82, 2.24) is 10.3 Å². The molecule has 5 heteroatoms. The van der Waals surface area contributed by atoms with Gasteiger partial charge in [-0.3, -0.25) is 9.78 Å². The Labute approximate surface area is 151 Å². The zero-order valence-electron chi connectivity index (χ0n) is 13.7. The van der Waals surface area contributed by atoms with E-state index in [0.29, 0.717) is 16.1 Å². The highest BCUT2D eigenvalue weighted by Crippen LogP contribution is 2.23. The molecular weight excluding hydrogens is 334 g/mol. The lowest BCUT2D eigenvalue weighted by molar-refractivity contribution is 0.103. The van der Waals surface area contributed by atoms with Crippen LogP contribution in [-0.4, -0.2) is 36.9 Å². The number of rotatable bonds is 3. The zero-order valence-corrected chi connectivity index (χ0v) is 14.5. The Morgan fingerprint density at radius 3 is 2.68 bits per heavy atom. The first kappa shape index (κ1) is 16.1. The normalized spacial score (nSPS) is 14.7. The lowest BCUT2D eigenvalue weighted by Gasteiger charge is -2.29. The topological polar surface area (TPSA) is 45.2 Å². The first-order valence-corrected chi connectivity index (χ1v) is 8.74. The van der Waals surface area contributed by atoms with Gasteiger partial charge in [0.1, 0.15) is 0 Å². The van der Waals surface area contributed by atoms with Gasteiger partial charge in [0.15, 0.2) is 5.78 Å². The summed E-state index contributed by atoms with van der Waals surface area (Å²) in [5.41, 5.74) is 3.21. The highest BCUT2D eigenvalue weighted by atomic mass is 35.5. The number of halogens is 1. The summed E-state index contributed by atoms with van der Waals surface area (Å²) >= 11 is 6.00. The van der Waals surface area contributed by atoms with Gasteiger partial charge in [0.25, 0.3) is 0 Å². The number of carbonyl (C=O) groups is 1. The van der Waals surface area contributed by atoms with Crippen LogP contribution < -0.4 is 10.2 Å². The molecule has 0 bridgehead atoms. The molecule has 25 heavy (non-hydrogen) atoms. The summed E-state index contributed by atoms with van der Waals surface area (Å²) in [6, 6.07) is 15.1. The number of piperazine rings is 1. The molecule has 1 N–H and O–H groups in total. The Bertz CT molecular complexity index is 935. The lowest BCUT2D eigenvalue weighted by atomic mass is 10.0. The van der Waals surface area contributed by atoms with Crippen LogP contribution in [0.4, 0.5) is 5.69 Å². The number of benzene rings is 2. The summed E-state index contributed by atoms with van der Waals surface area (Å²) in [6.45, 7) is 3.95. The number of ketones is 1. The first-order chi connectivity index (χ1) is 12.2. The molecule has 0 radical (unpaired) electrons. The second-order valence-corrected chi connectivity index (χ2v) is 6.61. The van der Waals surface area contributed by atoms with Crippen LogP contribution in [0.3, 0.4) is 0 Å². The van der Waals surface area contributed by atoms with Gasteiger partial charge in [-0.15, -0.1) is 0 Å². The molecule has 1 saturated heterocycles. The third-order valence-electron chi connectivity index (χ3n) is 4.50. The quantitative estimate of drug-likeness (QED) is 0.733. The van der Waals surface area contributed by atoms with Crippen molar-refractivity contribution in [2.45, 2.75) is 0 Å². The number of carbonyl (C=O) groups excluding carboxylic acids is 1. The highest BCUT2D eigenvalue weighted by molar-refractivity contribution is 6.31. The summed E-state index contributed by atoms with van der Waals surface area (Å²) in [6.07, 6.45) is 1.63. The van der Waals surface area contributed by atoms with Gasteiger partial charge in [0.2, 0.25) is 0 Å². The van der Waals surface area contributed by atoms with Crippen LogP contribution in [0, 0.1) is 0 Å². The predicted octanol–water partition coefficient (Wildman–Crippen LogP) is 3.53. The molecule has 1 aliphatic heterocycles. The van der Waals surface area contributed by atoms with Crippen molar-refractivity contribution in [3.63, 3.8) is 0 Å². The van der Waals surface area contributed by atoms with Crippen molar-refractivity contribution in [3.8, 4) is 0 Å². The zero-order chi connectivity index (χ0) is 17.2. The van der Waals surface area contributed by atoms with Crippen LogP contribution in [0.1, 0.15) is 15.9 Å². The molecule has 2 aromatic carbocycles. The minimum atomic E-state index is -0.0653. The van der Waals surface area contributed by atoms with Gasteiger partial charge in [-0.25, -0.2) is 0 Å². The van der Waals surface area contributed by atoms with Crippen LogP contribution in [0.2, 0.25) is 5.02 Å². The van der Waals surface area contributed by atoms with Crippen LogP contribution in [0.25, 0.3) is 10.9 Å². The van der Waals surface area contributed by atoms with Crippen LogP contribution in [0.15, 0.2) is 54.7 Å². The van der Waals surface area contributed by atoms with E-state index >= 15 is 0 Å². The molecule has 0 saturated carbocycles. The van der Waals surface area contributed by atoms with Crippen molar-refractivity contribution in [3.05, 3.63) is 70.9 Å². The molecule has 1 fully saturated rings. The molecule has 0 atom stereocenters. The maximum absolute atomic E-state index is 12.7. The van der Waals surface area contributed by atoms with Crippen LogP contribution in [-0.2, 0) is 0 Å². The van der Waals surface area contributed by atoms with E-state index in [9.17, 15) is 4.79 Å². The van der Waals surface area contributed by atoms with Gasteiger partial charge >= 0.3 is 0 Å². The number of nitrogens with zero attached hydrogens (tertiary/aromatic N) is 2. The number of fused-ring (bicyclic) bond motifs is 1. The Morgan fingerprint density at radius 2 is 1.88 bits per heavy atom. The van der Waals surface area contributed by atoms with E-state index in [1.54, 1.807) is 30.5 Å². The standard InChI is InChI=1S/C20H18ClN3O/c21-17-3-1-2-14(11-17)20(25)16-10-15-12-18(4-5-19(15)23-13-16)24-8-6-22-7-9-24/h1-5,10-13,22H,6-9H2. The van der Waals surface area contributed by atoms with Gasteiger partial charge in [-0.2, -0.15) is 0 Å². The van der Waals surface area contributed by atoms with E-state index in [-0.39, 0.29) is 5.78 Å². The summed E-state index contributed by atoms with van der Waals surface area (Å²) in [4.78, 5) is 19.5. The molecule has 3 aromatic rings. The maximum Gasteiger partial charge on any atom is 0.194 e. The van der Waals surface area contributed by atoms with Gasteiger partial charge in [0.05, 0.1) is 5.52 Å². The molecule has 4 rings (SSSR count). The first-order valence-electron chi connectivity index (χ1n) is 8.36. The smallest absolute Gasteiger partial charge is 0.194 e. The number of nitrogens with one attached hydrogen (secondary N) is 1. The molecule has 1 aromatic heterocycles. The molecule has 0 aliphatic carbocycles. The molecule has 4 nitrogen and oxygen atoms in total. The van der Waals surface area contributed by atoms with Crippen LogP contribution >= 0.6 is 11.6 Å². The van der Waals surface area contributed by atoms with Crippen molar-refractivity contribution < 1.29 is 4.79 Å². The number of aromatic nitrogens is 1. The van der Waals surface area contributed by atoms with E-state index in [1.165, 1.54) is 5.69 Å². The summed E-state index contributed by atoms with van der Waals surface area (Å²) < 4.78 is 0. The summed E-state index contributed by atoms with van der Waals surface area (Å²) in [7, 11) is 0. The van der Waals surface area contributed by atoms with E-state index in [1.807, 2.05) is 12.1 Å². The number of hydrogen-bond donors (Lipinski definition) is 1. The molecule has 126 valence electrons. The Hall–Kier alpha value is -2.43. The third kappa shape index (κ3) is 3.36. The fraction of sp³-hybridized carbons (Fsp3) is 0.200. The van der Waals surface area contributed by atoms with Gasteiger partial charge in [-0.1, -0.05) is 23.7 Å². The fourth-order valence-electron chi connectivity index (χ4n) is 3.16. The summed E-state index contributed by atoms with van der Waals surface area (Å²) in [5, 5.41) is 4.89. The van der Waals surface area contributed by atoms with Crippen molar-refractivity contribution in [2.75, 3.05) is 31.1 Å². The Balaban J connectivity index is 1.69. The SMILES string of the molecule is O=C(c1cccc(Cl)c1)c1cnc2ccc(N3CCNCC3)cc2c1.